The summed E-state index contributed by atoms with van der Waals surface area (Å²) in [4.78, 5) is 16.1. The van der Waals surface area contributed by atoms with Crippen LogP contribution in [0.1, 0.15) is 34.1 Å². The van der Waals surface area contributed by atoms with Gasteiger partial charge in [0.25, 0.3) is 0 Å². The molecule has 0 radical (unpaired) electrons. The number of rotatable bonds is 12. The Labute approximate surface area is 110 Å². The van der Waals surface area contributed by atoms with Gasteiger partial charge in [-0.2, -0.15) is 0 Å². The minimum atomic E-state index is 0.513. The van der Waals surface area contributed by atoms with Crippen molar-refractivity contribution in [1.29, 1.82) is 0 Å². The number of hydrogen-bond acceptors (Lipinski definition) is 6. The van der Waals surface area contributed by atoms with E-state index in [-0.39, 0.29) is 0 Å². The molecule has 0 rings (SSSR count). The number of ether oxygens (including phenoxy) is 1. The van der Waals surface area contributed by atoms with E-state index in [1.807, 2.05) is 33.8 Å². The van der Waals surface area contributed by atoms with Gasteiger partial charge in [-0.15, -0.1) is 0 Å². The maximum Gasteiger partial charge on any atom is 0.0886 e. The third kappa shape index (κ3) is 8.43. The summed E-state index contributed by atoms with van der Waals surface area (Å²) in [5.41, 5.74) is 0. The molecular formula is C12H26N2O4. The second kappa shape index (κ2) is 12.8. The molecule has 0 unspecified atom stereocenters. The molecule has 6 heteroatoms. The number of hydroxylamine groups is 1. The first kappa shape index (κ1) is 17.3. The quantitative estimate of drug-likeness (QED) is 0.305. The maximum atomic E-state index is 5.45. The van der Waals surface area contributed by atoms with Gasteiger partial charge < -0.3 is 4.74 Å². The number of hydrazine groups is 1. The normalized spacial score (nSPS) is 11.9. The Morgan fingerprint density at radius 2 is 1.56 bits per heavy atom. The van der Waals surface area contributed by atoms with Crippen LogP contribution in [0.25, 0.3) is 0 Å². The summed E-state index contributed by atoms with van der Waals surface area (Å²) in [7, 11) is 0. The van der Waals surface area contributed by atoms with E-state index < -0.39 is 0 Å². The van der Waals surface area contributed by atoms with Gasteiger partial charge in [0.2, 0.25) is 0 Å². The Bertz CT molecular complexity index is 197. The van der Waals surface area contributed by atoms with E-state index in [1.54, 1.807) is 11.4 Å². The molecule has 0 spiro atoms. The Hall–Kier alpha value is -0.660. The summed E-state index contributed by atoms with van der Waals surface area (Å²) < 4.78 is 5.25. The van der Waals surface area contributed by atoms with Crippen LogP contribution in [0.5, 0.6) is 0 Å². The van der Waals surface area contributed by atoms with Crippen molar-refractivity contribution >= 4 is 0 Å². The van der Waals surface area contributed by atoms with Crippen molar-refractivity contribution < 1.29 is 19.2 Å². The molecule has 0 saturated heterocycles. The van der Waals surface area contributed by atoms with Crippen LogP contribution in [0, 0.1) is 0 Å². The average molecular weight is 262 g/mol. The highest BCUT2D eigenvalue weighted by Crippen LogP contribution is 2.04. The molecule has 0 aliphatic carbocycles. The van der Waals surface area contributed by atoms with Gasteiger partial charge in [-0.05, 0) is 34.1 Å². The third-order valence-corrected chi connectivity index (χ3v) is 1.78. The monoisotopic (exact) mass is 262 g/mol. The predicted octanol–water partition coefficient (Wildman–Crippen LogP) is 2.30. The highest BCUT2D eigenvalue weighted by molar-refractivity contribution is 4.64. The van der Waals surface area contributed by atoms with Gasteiger partial charge in [0.1, 0.15) is 0 Å². The summed E-state index contributed by atoms with van der Waals surface area (Å²) in [5.74, 6) is 0. The number of hydrogen-bond donors (Lipinski definition) is 0. The molecule has 0 aliphatic rings. The van der Waals surface area contributed by atoms with E-state index >= 15 is 0 Å². The second-order valence-electron chi connectivity index (χ2n) is 3.26. The van der Waals surface area contributed by atoms with Crippen LogP contribution in [0.4, 0.5) is 0 Å². The topological polar surface area (TPSA) is 43.4 Å². The lowest BCUT2D eigenvalue weighted by Crippen LogP contribution is -2.43. The Morgan fingerprint density at radius 3 is 2.06 bits per heavy atom. The lowest BCUT2D eigenvalue weighted by atomic mass is 10.5. The average Bonchev–Trinajstić information content (AvgIpc) is 2.37. The fourth-order valence-corrected chi connectivity index (χ4v) is 1.18. The van der Waals surface area contributed by atoms with Gasteiger partial charge in [-0.25, -0.2) is 0 Å². The summed E-state index contributed by atoms with van der Waals surface area (Å²) in [5, 5.41) is 2.85. The standard InChI is InChI=1S/C12H26N2O4/c1-5-11-15-12-9-10-13(16-6-2)14(17-7-3)18-8-4/h5,11H,6-10,12H2,1-4H3. The predicted molar refractivity (Wildman–Crippen MR) is 68.8 cm³/mol. The fourth-order valence-electron chi connectivity index (χ4n) is 1.18. The molecule has 108 valence electrons. The van der Waals surface area contributed by atoms with Crippen LogP contribution in [-0.4, -0.2) is 43.5 Å². The Balaban J connectivity index is 4.06. The molecule has 0 N–H and O–H groups in total. The van der Waals surface area contributed by atoms with E-state index in [1.165, 1.54) is 5.34 Å². The molecule has 0 amide bonds. The van der Waals surface area contributed by atoms with Crippen LogP contribution in [0.3, 0.4) is 0 Å². The van der Waals surface area contributed by atoms with Gasteiger partial charge in [0, 0.05) is 11.9 Å². The molecule has 0 saturated carbocycles. The van der Waals surface area contributed by atoms with Gasteiger partial charge in [0.05, 0.1) is 32.7 Å². The van der Waals surface area contributed by atoms with Crippen molar-refractivity contribution in [3.8, 4) is 0 Å². The largest absolute Gasteiger partial charge is 0.501 e. The number of allylic oxidation sites excluding steroid dienone is 1. The van der Waals surface area contributed by atoms with E-state index in [9.17, 15) is 0 Å². The van der Waals surface area contributed by atoms with Crippen LogP contribution in [0.2, 0.25) is 0 Å². The Morgan fingerprint density at radius 1 is 0.944 bits per heavy atom. The smallest absolute Gasteiger partial charge is 0.0886 e. The molecule has 0 bridgehead atoms. The molecule has 0 aromatic heterocycles. The fraction of sp³-hybridized carbons (Fsp3) is 0.833. The van der Waals surface area contributed by atoms with Crippen molar-refractivity contribution in [2.45, 2.75) is 34.1 Å². The van der Waals surface area contributed by atoms with Crippen molar-refractivity contribution in [3.05, 3.63) is 12.3 Å². The third-order valence-electron chi connectivity index (χ3n) is 1.78. The molecule has 18 heavy (non-hydrogen) atoms. The van der Waals surface area contributed by atoms with E-state index in [0.717, 1.165) is 6.42 Å². The first-order valence-electron chi connectivity index (χ1n) is 6.49. The zero-order valence-electron chi connectivity index (χ0n) is 11.9. The van der Waals surface area contributed by atoms with Crippen LogP contribution < -0.4 is 0 Å². The first-order valence-corrected chi connectivity index (χ1v) is 6.49. The molecule has 0 fully saturated rings. The van der Waals surface area contributed by atoms with Gasteiger partial charge in [0.15, 0.2) is 0 Å². The highest BCUT2D eigenvalue weighted by atomic mass is 17.0. The van der Waals surface area contributed by atoms with E-state index in [0.29, 0.717) is 33.0 Å². The minimum Gasteiger partial charge on any atom is -0.501 e. The van der Waals surface area contributed by atoms with Crippen LogP contribution in [0.15, 0.2) is 12.3 Å². The minimum absolute atomic E-state index is 0.513. The van der Waals surface area contributed by atoms with Crippen molar-refractivity contribution in [2.75, 3.05) is 33.0 Å². The van der Waals surface area contributed by atoms with Gasteiger partial charge >= 0.3 is 0 Å². The molecular weight excluding hydrogens is 236 g/mol. The van der Waals surface area contributed by atoms with E-state index in [4.69, 9.17) is 19.2 Å². The SMILES string of the molecule is CC=COCCCN(OCC)N(OCC)OCC. The van der Waals surface area contributed by atoms with Gasteiger partial charge in [-0.1, -0.05) is 11.2 Å². The van der Waals surface area contributed by atoms with Crippen molar-refractivity contribution in [3.63, 3.8) is 0 Å². The molecule has 0 aromatic carbocycles. The highest BCUT2D eigenvalue weighted by Gasteiger charge is 2.16. The van der Waals surface area contributed by atoms with Crippen molar-refractivity contribution in [1.82, 2.24) is 10.5 Å². The first-order chi connectivity index (χ1) is 8.79. The zero-order chi connectivity index (χ0) is 13.6. The summed E-state index contributed by atoms with van der Waals surface area (Å²) in [6.45, 7) is 10.4. The van der Waals surface area contributed by atoms with Crippen LogP contribution in [-0.2, 0) is 19.2 Å². The molecule has 0 aromatic rings. The lowest BCUT2D eigenvalue weighted by molar-refractivity contribution is -0.530. The second-order valence-corrected chi connectivity index (χ2v) is 3.26. The van der Waals surface area contributed by atoms with E-state index in [2.05, 4.69) is 0 Å². The molecule has 0 atom stereocenters. The summed E-state index contributed by atoms with van der Waals surface area (Å²) >= 11 is 0. The lowest BCUT2D eigenvalue weighted by Gasteiger charge is -2.29. The van der Waals surface area contributed by atoms with Crippen molar-refractivity contribution in [2.24, 2.45) is 0 Å². The summed E-state index contributed by atoms with van der Waals surface area (Å²) in [6.07, 6.45) is 4.34. The molecule has 6 nitrogen and oxygen atoms in total. The maximum absolute atomic E-state index is 5.45. The molecule has 0 heterocycles. The molecule has 0 aliphatic heterocycles. The Kier molecular flexibility index (Phi) is 12.3. The zero-order valence-corrected chi connectivity index (χ0v) is 11.9. The van der Waals surface area contributed by atoms with Gasteiger partial charge in [-0.3, -0.25) is 14.5 Å². The summed E-state index contributed by atoms with van der Waals surface area (Å²) in [6, 6.07) is 0. The number of nitrogens with zero attached hydrogens (tertiary/aromatic N) is 2. The van der Waals surface area contributed by atoms with Crippen LogP contribution >= 0.6 is 0 Å².